The molecule has 7 heteroatoms. The topological polar surface area (TPSA) is 87.5 Å². The summed E-state index contributed by atoms with van der Waals surface area (Å²) < 4.78 is 0. The van der Waals surface area contributed by atoms with Crippen LogP contribution in [-0.4, -0.2) is 43.6 Å². The van der Waals surface area contributed by atoms with E-state index in [1.54, 1.807) is 18.2 Å². The van der Waals surface area contributed by atoms with E-state index in [1.165, 1.54) is 38.0 Å². The summed E-state index contributed by atoms with van der Waals surface area (Å²) in [4.78, 5) is 26.1. The first-order chi connectivity index (χ1) is 13.2. The minimum atomic E-state index is -0.421. The lowest BCUT2D eigenvalue weighted by molar-refractivity contribution is -0.384. The van der Waals surface area contributed by atoms with Crippen molar-refractivity contribution in [2.75, 3.05) is 37.6 Å². The Kier molecular flexibility index (Phi) is 10.7. The van der Waals surface area contributed by atoms with Gasteiger partial charge in [0, 0.05) is 32.7 Å². The quantitative estimate of drug-likeness (QED) is 0.580. The lowest BCUT2D eigenvalue weighted by Gasteiger charge is -2.29. The maximum Gasteiger partial charge on any atom is 0.305 e. The highest BCUT2D eigenvalue weighted by molar-refractivity contribution is 6.00. The van der Waals surface area contributed by atoms with Gasteiger partial charge < -0.3 is 15.5 Å². The average molecular weight is 402 g/mol. The monoisotopic (exact) mass is 401 g/mol. The molecule has 1 aromatic carbocycles. The Labute approximate surface area is 175 Å². The number of nitro groups is 1. The third-order valence-corrected chi connectivity index (χ3v) is 5.46. The molecule has 7 nitrogen and oxygen atoms in total. The number of nitrogens with zero attached hydrogens (tertiary/aromatic N) is 2. The third-order valence-electron chi connectivity index (χ3n) is 5.46. The largest absolute Gasteiger partial charge is 0.363 e. The minimum Gasteiger partial charge on any atom is -0.363 e. The molecule has 29 heavy (non-hydrogen) atoms. The molecular weight excluding hydrogens is 368 g/mol. The van der Waals surface area contributed by atoms with Crippen molar-refractivity contribution in [2.45, 2.75) is 44.9 Å². The highest BCUT2D eigenvalue weighted by Crippen LogP contribution is 2.32. The Morgan fingerprint density at radius 2 is 1.69 bits per heavy atom. The van der Waals surface area contributed by atoms with Gasteiger partial charge >= 0.3 is 5.69 Å². The Bertz CT molecular complexity index is 651. The zero-order valence-electron chi connectivity index (χ0n) is 17.3. The van der Waals surface area contributed by atoms with Crippen molar-refractivity contribution >= 4 is 17.3 Å². The van der Waals surface area contributed by atoms with Crippen LogP contribution < -0.4 is 15.5 Å². The first-order valence-corrected chi connectivity index (χ1v) is 10.0. The molecule has 2 fully saturated rings. The Morgan fingerprint density at radius 1 is 1.07 bits per heavy atom. The molecule has 3 rings (SSSR count). The van der Waals surface area contributed by atoms with E-state index in [0.717, 1.165) is 25.9 Å². The normalized spacial score (nSPS) is 17.9. The van der Waals surface area contributed by atoms with Crippen LogP contribution in [0, 0.1) is 30.9 Å². The zero-order chi connectivity index (χ0) is 19.1. The second kappa shape index (κ2) is 12.4. The number of benzene rings is 1. The summed E-state index contributed by atoms with van der Waals surface area (Å²) in [5.74, 6) is 0.997. The number of carbonyl (C=O) groups is 1. The van der Waals surface area contributed by atoms with Crippen LogP contribution >= 0.6 is 0 Å². The molecule has 0 aromatic heterocycles. The lowest BCUT2D eigenvalue weighted by Crippen LogP contribution is -2.43. The van der Waals surface area contributed by atoms with Crippen molar-refractivity contribution in [3.63, 3.8) is 0 Å². The molecule has 1 amide bonds. The highest BCUT2D eigenvalue weighted by atomic mass is 16.6. The van der Waals surface area contributed by atoms with Gasteiger partial charge in [-0.15, -0.1) is 0 Å². The number of nitro benzene ring substituents is 1. The van der Waals surface area contributed by atoms with Crippen LogP contribution in [0.5, 0.6) is 0 Å². The number of carbonyl (C=O) groups excluding carboxylic acids is 1. The fourth-order valence-corrected chi connectivity index (χ4v) is 3.95. The van der Waals surface area contributed by atoms with Crippen molar-refractivity contribution in [2.24, 2.45) is 0 Å². The third kappa shape index (κ3) is 6.70. The molecule has 5 radical (unpaired) electrons. The number of rotatable bonds is 5. The van der Waals surface area contributed by atoms with E-state index in [-0.39, 0.29) is 32.0 Å². The summed E-state index contributed by atoms with van der Waals surface area (Å²) in [5.41, 5.74) is 0.606. The fraction of sp³-hybridized carbons (Fsp3) is 0.545. The number of nitrogens with one attached hydrogen (secondary N) is 2. The van der Waals surface area contributed by atoms with Gasteiger partial charge in [0.2, 0.25) is 0 Å². The maximum absolute atomic E-state index is 12.7. The van der Waals surface area contributed by atoms with E-state index in [0.29, 0.717) is 25.3 Å². The van der Waals surface area contributed by atoms with E-state index in [4.69, 9.17) is 0 Å². The Hall–Kier alpha value is -2.15. The number of para-hydroxylation sites is 1. The first kappa shape index (κ1) is 24.9. The van der Waals surface area contributed by atoms with Crippen molar-refractivity contribution < 1.29 is 9.72 Å². The molecule has 0 atom stereocenters. The van der Waals surface area contributed by atoms with Gasteiger partial charge in [-0.1, -0.05) is 53.0 Å². The summed E-state index contributed by atoms with van der Waals surface area (Å²) in [6.45, 7) is 3.49. The van der Waals surface area contributed by atoms with Crippen molar-refractivity contribution in [1.82, 2.24) is 10.6 Å². The van der Waals surface area contributed by atoms with E-state index in [9.17, 15) is 14.9 Å². The molecule has 2 N–H and O–H groups in total. The van der Waals surface area contributed by atoms with Crippen LogP contribution in [0.2, 0.25) is 0 Å². The van der Waals surface area contributed by atoms with Crippen LogP contribution in [0.25, 0.3) is 0 Å². The summed E-state index contributed by atoms with van der Waals surface area (Å²) in [7, 11) is 0. The molecule has 2 aliphatic rings. The number of hydrogen-bond acceptors (Lipinski definition) is 5. The Morgan fingerprint density at radius 3 is 2.31 bits per heavy atom. The van der Waals surface area contributed by atoms with Crippen molar-refractivity contribution in [3.05, 3.63) is 54.6 Å². The molecule has 1 aliphatic carbocycles. The molecule has 1 saturated carbocycles. The minimum absolute atomic E-state index is 0. The number of piperazine rings is 1. The van der Waals surface area contributed by atoms with E-state index in [1.807, 2.05) is 4.90 Å². The molecule has 159 valence electrons. The van der Waals surface area contributed by atoms with Crippen molar-refractivity contribution in [1.29, 1.82) is 0 Å². The molecule has 0 unspecified atom stereocenters. The summed E-state index contributed by atoms with van der Waals surface area (Å²) >= 11 is 0. The van der Waals surface area contributed by atoms with E-state index >= 15 is 0 Å². The van der Waals surface area contributed by atoms with Crippen LogP contribution in [0.15, 0.2) is 18.2 Å². The predicted octanol–water partition coefficient (Wildman–Crippen LogP) is 3.71. The molecular formula is C22H33N4O3. The van der Waals surface area contributed by atoms with Gasteiger partial charge in [-0.3, -0.25) is 14.9 Å². The first-order valence-electron chi connectivity index (χ1n) is 10.0. The van der Waals surface area contributed by atoms with Crippen LogP contribution in [0.1, 0.15) is 55.3 Å². The molecule has 0 bridgehead atoms. The highest BCUT2D eigenvalue weighted by Gasteiger charge is 2.28. The molecule has 1 aliphatic heterocycles. The van der Waals surface area contributed by atoms with Gasteiger partial charge in [0.25, 0.3) is 5.91 Å². The molecule has 0 spiro atoms. The molecule has 1 heterocycles. The second-order valence-electron chi connectivity index (χ2n) is 7.37. The summed E-state index contributed by atoms with van der Waals surface area (Å²) in [5, 5.41) is 17.9. The van der Waals surface area contributed by atoms with E-state index < -0.39 is 4.92 Å². The molecule has 1 aromatic rings. The van der Waals surface area contributed by atoms with Gasteiger partial charge in [-0.25, -0.2) is 0 Å². The number of anilines is 1. The number of amides is 1. The van der Waals surface area contributed by atoms with Gasteiger partial charge in [-0.2, -0.15) is 0 Å². The van der Waals surface area contributed by atoms with Gasteiger partial charge in [-0.05, 0) is 30.9 Å². The van der Waals surface area contributed by atoms with Crippen LogP contribution in [-0.2, 0) is 0 Å². The molecule has 1 saturated heterocycles. The van der Waals surface area contributed by atoms with Crippen LogP contribution in [0.3, 0.4) is 0 Å². The standard InChI is InChI=1S/C20H29N4O3.2CH2/c25-20(22-15-16-7-4-2-1-3-5-8-16)17-9-6-10-18(19(17)24(26)27)23-13-11-21-12-14-23;;/h6,9-10,21H,1-5,7-8,11-15H2,(H,22,25);2*1H2. The SMILES string of the molecule is O=C(NC[C]1CCCCCCC1)c1cccc(N2CCNCC2)c1[N+](=O)[O-].[CH2].[CH2]. The average Bonchev–Trinajstić information content (AvgIpc) is 2.67. The smallest absolute Gasteiger partial charge is 0.305 e. The number of hydrogen-bond donors (Lipinski definition) is 2. The fourth-order valence-electron chi connectivity index (χ4n) is 3.95. The lowest BCUT2D eigenvalue weighted by atomic mass is 9.91. The van der Waals surface area contributed by atoms with E-state index in [2.05, 4.69) is 10.6 Å². The van der Waals surface area contributed by atoms with Gasteiger partial charge in [0.1, 0.15) is 11.3 Å². The zero-order valence-corrected chi connectivity index (χ0v) is 17.3. The van der Waals surface area contributed by atoms with Gasteiger partial charge in [0.05, 0.1) is 4.92 Å². The maximum atomic E-state index is 12.7. The van der Waals surface area contributed by atoms with Crippen LogP contribution in [0.4, 0.5) is 11.4 Å². The summed E-state index contributed by atoms with van der Waals surface area (Å²) in [6, 6.07) is 5.04. The second-order valence-corrected chi connectivity index (χ2v) is 7.37. The predicted molar refractivity (Wildman–Crippen MR) is 117 cm³/mol. The Balaban J connectivity index is 0.00000210. The van der Waals surface area contributed by atoms with Gasteiger partial charge in [0.15, 0.2) is 0 Å². The van der Waals surface area contributed by atoms with Crippen molar-refractivity contribution in [3.8, 4) is 0 Å². The summed E-state index contributed by atoms with van der Waals surface area (Å²) in [6.07, 6.45) is 8.22.